The number of nitrogens with one attached hydrogen (secondary N) is 1. The third kappa shape index (κ3) is 6.81. The molecule has 1 heterocycles. The molecule has 0 unspecified atom stereocenters. The lowest BCUT2D eigenvalue weighted by molar-refractivity contribution is 0.0368. The zero-order valence-electron chi connectivity index (χ0n) is 17.9. The summed E-state index contributed by atoms with van der Waals surface area (Å²) >= 11 is 5.81. The smallest absolute Gasteiger partial charge is 0.173 e. The minimum Gasteiger partial charge on any atom is -0.379 e. The molecule has 0 bridgehead atoms. The first-order valence-corrected chi connectivity index (χ1v) is 10.9. The molecule has 1 aliphatic heterocycles. The van der Waals surface area contributed by atoms with Crippen LogP contribution in [0.4, 0.5) is 5.69 Å². The SMILES string of the molecule is Cc1ccc(CN(CCCN2CCOCC2)C(=S)Nc2ccc(C)c(C)c2)cc1. The van der Waals surface area contributed by atoms with Crippen LogP contribution in [0.2, 0.25) is 0 Å². The Kier molecular flexibility index (Phi) is 8.04. The van der Waals surface area contributed by atoms with Gasteiger partial charge in [0.15, 0.2) is 5.11 Å². The van der Waals surface area contributed by atoms with E-state index in [-0.39, 0.29) is 0 Å². The van der Waals surface area contributed by atoms with Crippen molar-refractivity contribution < 1.29 is 4.74 Å². The van der Waals surface area contributed by atoms with Gasteiger partial charge in [-0.3, -0.25) is 4.90 Å². The van der Waals surface area contributed by atoms with Gasteiger partial charge in [0.05, 0.1) is 13.2 Å². The van der Waals surface area contributed by atoms with Crippen molar-refractivity contribution in [3.05, 3.63) is 64.7 Å². The van der Waals surface area contributed by atoms with Crippen LogP contribution < -0.4 is 5.32 Å². The van der Waals surface area contributed by atoms with Crippen LogP contribution in [0.25, 0.3) is 0 Å². The molecule has 1 aliphatic rings. The van der Waals surface area contributed by atoms with Gasteiger partial charge < -0.3 is 15.0 Å². The molecule has 0 spiro atoms. The van der Waals surface area contributed by atoms with E-state index in [4.69, 9.17) is 17.0 Å². The van der Waals surface area contributed by atoms with E-state index < -0.39 is 0 Å². The molecule has 1 saturated heterocycles. The number of rotatable bonds is 7. The maximum Gasteiger partial charge on any atom is 0.173 e. The second-order valence-corrected chi connectivity index (χ2v) is 8.33. The van der Waals surface area contributed by atoms with Crippen molar-refractivity contribution in [1.82, 2.24) is 9.80 Å². The summed E-state index contributed by atoms with van der Waals surface area (Å²) in [6, 6.07) is 15.1. The van der Waals surface area contributed by atoms with Crippen molar-refractivity contribution in [2.45, 2.75) is 33.7 Å². The van der Waals surface area contributed by atoms with E-state index in [1.54, 1.807) is 0 Å². The van der Waals surface area contributed by atoms with Crippen LogP contribution in [-0.2, 0) is 11.3 Å². The van der Waals surface area contributed by atoms with Gasteiger partial charge in [0.25, 0.3) is 0 Å². The van der Waals surface area contributed by atoms with E-state index in [2.05, 4.69) is 78.4 Å². The summed E-state index contributed by atoms with van der Waals surface area (Å²) in [6.45, 7) is 13.0. The Morgan fingerprint density at radius 3 is 2.45 bits per heavy atom. The predicted octanol–water partition coefficient (Wildman–Crippen LogP) is 4.53. The van der Waals surface area contributed by atoms with Gasteiger partial charge in [0, 0.05) is 38.4 Å². The van der Waals surface area contributed by atoms with E-state index in [1.807, 2.05) is 0 Å². The molecule has 2 aromatic rings. The van der Waals surface area contributed by atoms with Crippen molar-refractivity contribution in [3.63, 3.8) is 0 Å². The Morgan fingerprint density at radius 2 is 1.76 bits per heavy atom. The highest BCUT2D eigenvalue weighted by Crippen LogP contribution is 2.16. The van der Waals surface area contributed by atoms with Crippen LogP contribution in [0.5, 0.6) is 0 Å². The largest absolute Gasteiger partial charge is 0.379 e. The number of hydrogen-bond acceptors (Lipinski definition) is 3. The molecule has 0 radical (unpaired) electrons. The highest BCUT2D eigenvalue weighted by atomic mass is 32.1. The van der Waals surface area contributed by atoms with Gasteiger partial charge in [-0.05, 0) is 68.2 Å². The summed E-state index contributed by atoms with van der Waals surface area (Å²) in [4.78, 5) is 4.77. The summed E-state index contributed by atoms with van der Waals surface area (Å²) in [5, 5.41) is 4.24. The minimum absolute atomic E-state index is 0.788. The zero-order chi connectivity index (χ0) is 20.6. The minimum atomic E-state index is 0.788. The van der Waals surface area contributed by atoms with E-state index >= 15 is 0 Å². The zero-order valence-corrected chi connectivity index (χ0v) is 18.7. The molecule has 0 amide bonds. The van der Waals surface area contributed by atoms with Crippen LogP contribution in [-0.4, -0.2) is 54.3 Å². The lowest BCUT2D eigenvalue weighted by Crippen LogP contribution is -2.40. The predicted molar refractivity (Wildman–Crippen MR) is 126 cm³/mol. The standard InChI is InChI=1S/C24H33N3OS/c1-19-5-8-22(9-6-19)18-27(12-4-11-26-13-15-28-16-14-26)24(29)25-23-10-7-20(2)21(3)17-23/h5-10,17H,4,11-16,18H2,1-3H3,(H,25,29). The number of anilines is 1. The Bertz CT molecular complexity index is 800. The van der Waals surface area contributed by atoms with Gasteiger partial charge in [-0.2, -0.15) is 0 Å². The molecule has 0 saturated carbocycles. The number of morpholine rings is 1. The summed E-state index contributed by atoms with van der Waals surface area (Å²) < 4.78 is 5.46. The summed E-state index contributed by atoms with van der Waals surface area (Å²) in [6.07, 6.45) is 1.08. The molecule has 156 valence electrons. The number of benzene rings is 2. The molecule has 3 rings (SSSR count). The van der Waals surface area contributed by atoms with Gasteiger partial charge in [0.1, 0.15) is 0 Å². The van der Waals surface area contributed by atoms with Crippen LogP contribution in [0, 0.1) is 20.8 Å². The van der Waals surface area contributed by atoms with Gasteiger partial charge in [-0.15, -0.1) is 0 Å². The lowest BCUT2D eigenvalue weighted by atomic mass is 10.1. The molecule has 1 fully saturated rings. The van der Waals surface area contributed by atoms with Gasteiger partial charge in [0.2, 0.25) is 0 Å². The van der Waals surface area contributed by atoms with Crippen molar-refractivity contribution >= 4 is 23.0 Å². The molecule has 4 nitrogen and oxygen atoms in total. The number of hydrogen-bond donors (Lipinski definition) is 1. The number of ether oxygens (including phenoxy) is 1. The number of nitrogens with zero attached hydrogens (tertiary/aromatic N) is 2. The van der Waals surface area contributed by atoms with E-state index in [0.29, 0.717) is 0 Å². The fourth-order valence-electron chi connectivity index (χ4n) is 3.50. The van der Waals surface area contributed by atoms with Gasteiger partial charge in [-0.1, -0.05) is 35.9 Å². The Hall–Kier alpha value is -1.95. The van der Waals surface area contributed by atoms with Gasteiger partial charge >= 0.3 is 0 Å². The monoisotopic (exact) mass is 411 g/mol. The number of thiocarbonyl (C=S) groups is 1. The van der Waals surface area contributed by atoms with Crippen LogP contribution in [0.3, 0.4) is 0 Å². The van der Waals surface area contributed by atoms with Crippen LogP contribution in [0.15, 0.2) is 42.5 Å². The molecule has 2 aromatic carbocycles. The van der Waals surface area contributed by atoms with Crippen molar-refractivity contribution in [2.24, 2.45) is 0 Å². The number of aryl methyl sites for hydroxylation is 3. The molecule has 0 aromatic heterocycles. The first kappa shape index (κ1) is 21.8. The average Bonchev–Trinajstić information content (AvgIpc) is 2.72. The van der Waals surface area contributed by atoms with Crippen molar-refractivity contribution in [1.29, 1.82) is 0 Å². The highest BCUT2D eigenvalue weighted by Gasteiger charge is 2.14. The molecule has 29 heavy (non-hydrogen) atoms. The van der Waals surface area contributed by atoms with Gasteiger partial charge in [-0.25, -0.2) is 0 Å². The third-order valence-electron chi connectivity index (χ3n) is 5.55. The lowest BCUT2D eigenvalue weighted by Gasteiger charge is -2.30. The Morgan fingerprint density at radius 1 is 1.03 bits per heavy atom. The fraction of sp³-hybridized carbons (Fsp3) is 0.458. The first-order valence-electron chi connectivity index (χ1n) is 10.5. The Balaban J connectivity index is 1.63. The fourth-order valence-corrected chi connectivity index (χ4v) is 3.77. The molecule has 5 heteroatoms. The van der Waals surface area contributed by atoms with Crippen molar-refractivity contribution in [2.75, 3.05) is 44.7 Å². The normalized spacial score (nSPS) is 14.6. The molecule has 0 atom stereocenters. The topological polar surface area (TPSA) is 27.7 Å². The molecule has 1 N–H and O–H groups in total. The maximum absolute atomic E-state index is 5.81. The highest BCUT2D eigenvalue weighted by molar-refractivity contribution is 7.80. The second kappa shape index (κ2) is 10.7. The van der Waals surface area contributed by atoms with E-state index in [0.717, 1.165) is 63.2 Å². The first-order chi connectivity index (χ1) is 14.0. The summed E-state index contributed by atoms with van der Waals surface area (Å²) in [7, 11) is 0. The molecular formula is C24H33N3OS. The van der Waals surface area contributed by atoms with E-state index in [9.17, 15) is 0 Å². The third-order valence-corrected chi connectivity index (χ3v) is 5.91. The molecular weight excluding hydrogens is 378 g/mol. The second-order valence-electron chi connectivity index (χ2n) is 7.94. The Labute approximate surface area is 180 Å². The van der Waals surface area contributed by atoms with E-state index in [1.165, 1.54) is 22.3 Å². The average molecular weight is 412 g/mol. The maximum atomic E-state index is 5.81. The van der Waals surface area contributed by atoms with Crippen LogP contribution in [0.1, 0.15) is 28.7 Å². The summed E-state index contributed by atoms with van der Waals surface area (Å²) in [5.41, 5.74) is 6.19. The quantitative estimate of drug-likeness (QED) is 0.676. The van der Waals surface area contributed by atoms with Crippen LogP contribution >= 0.6 is 12.2 Å². The summed E-state index contributed by atoms with van der Waals surface area (Å²) in [5.74, 6) is 0. The van der Waals surface area contributed by atoms with Crippen molar-refractivity contribution in [3.8, 4) is 0 Å². The molecule has 0 aliphatic carbocycles.